The van der Waals surface area contributed by atoms with E-state index in [2.05, 4.69) is 5.10 Å². The summed E-state index contributed by atoms with van der Waals surface area (Å²) in [4.78, 5) is 0. The Kier molecular flexibility index (Phi) is 4.10. The Labute approximate surface area is 108 Å². The van der Waals surface area contributed by atoms with Crippen LogP contribution in [-0.2, 0) is 13.0 Å². The third-order valence-corrected chi connectivity index (χ3v) is 4.20. The van der Waals surface area contributed by atoms with Gasteiger partial charge in [-0.1, -0.05) is 30.9 Å². The number of aliphatic hydroxyl groups excluding tert-OH is 1. The molecule has 0 aromatic carbocycles. The lowest BCUT2D eigenvalue weighted by Gasteiger charge is -2.27. The van der Waals surface area contributed by atoms with Crippen molar-refractivity contribution < 1.29 is 5.11 Å². The number of aryl methyl sites for hydroxylation is 2. The van der Waals surface area contributed by atoms with Gasteiger partial charge in [0.15, 0.2) is 0 Å². The Morgan fingerprint density at radius 1 is 1.53 bits per heavy atom. The second-order valence-corrected chi connectivity index (χ2v) is 5.43. The Morgan fingerprint density at radius 2 is 2.24 bits per heavy atom. The van der Waals surface area contributed by atoms with Gasteiger partial charge in [-0.25, -0.2) is 0 Å². The highest BCUT2D eigenvalue weighted by atomic mass is 35.5. The molecular weight excluding hydrogens is 236 g/mol. The molecule has 1 unspecified atom stereocenters. The smallest absolute Gasteiger partial charge is 0.0848 e. The molecule has 3 nitrogen and oxygen atoms in total. The highest BCUT2D eigenvalue weighted by Gasteiger charge is 2.23. The van der Waals surface area contributed by atoms with Crippen LogP contribution in [-0.4, -0.2) is 21.0 Å². The van der Waals surface area contributed by atoms with Crippen LogP contribution in [0.25, 0.3) is 0 Å². The van der Waals surface area contributed by atoms with Gasteiger partial charge in [0.1, 0.15) is 0 Å². The molecule has 1 aromatic rings. The summed E-state index contributed by atoms with van der Waals surface area (Å²) in [6, 6.07) is 0. The molecule has 1 heterocycles. The van der Waals surface area contributed by atoms with Crippen LogP contribution in [0.2, 0.25) is 5.02 Å². The first-order valence-corrected chi connectivity index (χ1v) is 6.89. The lowest BCUT2D eigenvalue weighted by molar-refractivity contribution is 0.116. The maximum Gasteiger partial charge on any atom is 0.0848 e. The van der Waals surface area contributed by atoms with Crippen LogP contribution in [0.3, 0.4) is 0 Å². The van der Waals surface area contributed by atoms with Crippen LogP contribution in [0, 0.1) is 12.8 Å². The summed E-state index contributed by atoms with van der Waals surface area (Å²) in [6.45, 7) is 4.76. The molecule has 0 saturated heterocycles. The van der Waals surface area contributed by atoms with E-state index < -0.39 is 0 Å². The fraction of sp³-hybridized carbons (Fsp3) is 0.769. The summed E-state index contributed by atoms with van der Waals surface area (Å²) < 4.78 is 1.90. The summed E-state index contributed by atoms with van der Waals surface area (Å²) in [5, 5.41) is 15.2. The van der Waals surface area contributed by atoms with Gasteiger partial charge in [0, 0.05) is 13.0 Å². The lowest BCUT2D eigenvalue weighted by atomic mass is 9.81. The minimum atomic E-state index is -0.279. The Hall–Kier alpha value is -0.540. The van der Waals surface area contributed by atoms with Gasteiger partial charge in [0.2, 0.25) is 0 Å². The van der Waals surface area contributed by atoms with E-state index in [0.717, 1.165) is 35.3 Å². The molecule has 1 saturated carbocycles. The summed E-state index contributed by atoms with van der Waals surface area (Å²) in [5.41, 5.74) is 1.85. The molecular formula is C13H21ClN2O. The van der Waals surface area contributed by atoms with Crippen LogP contribution in [0.5, 0.6) is 0 Å². The van der Waals surface area contributed by atoms with E-state index >= 15 is 0 Å². The third kappa shape index (κ3) is 2.83. The van der Waals surface area contributed by atoms with Crippen LogP contribution in [0.15, 0.2) is 0 Å². The van der Waals surface area contributed by atoms with E-state index in [0.29, 0.717) is 6.42 Å². The molecule has 0 aliphatic heterocycles. The van der Waals surface area contributed by atoms with Crippen molar-refractivity contribution in [3.8, 4) is 0 Å². The van der Waals surface area contributed by atoms with Crippen LogP contribution in [0.4, 0.5) is 0 Å². The van der Waals surface area contributed by atoms with E-state index in [4.69, 9.17) is 11.6 Å². The first kappa shape index (κ1) is 12.9. The molecule has 1 fully saturated rings. The van der Waals surface area contributed by atoms with Crippen molar-refractivity contribution in [2.45, 2.75) is 58.6 Å². The molecule has 0 radical (unpaired) electrons. The number of halogens is 1. The molecule has 2 rings (SSSR count). The van der Waals surface area contributed by atoms with Crippen molar-refractivity contribution in [3.05, 3.63) is 16.4 Å². The third-order valence-electron chi connectivity index (χ3n) is 3.71. The first-order chi connectivity index (χ1) is 8.11. The molecule has 4 heteroatoms. The minimum absolute atomic E-state index is 0.279. The van der Waals surface area contributed by atoms with Crippen molar-refractivity contribution in [1.29, 1.82) is 0 Å². The summed E-state index contributed by atoms with van der Waals surface area (Å²) >= 11 is 6.23. The van der Waals surface area contributed by atoms with Crippen LogP contribution < -0.4 is 0 Å². The van der Waals surface area contributed by atoms with Crippen LogP contribution >= 0.6 is 11.6 Å². The topological polar surface area (TPSA) is 38.0 Å². The largest absolute Gasteiger partial charge is 0.393 e. The normalized spacial score (nSPS) is 18.1. The fourth-order valence-electron chi connectivity index (χ4n) is 2.48. The Balaban J connectivity index is 2.00. The quantitative estimate of drug-likeness (QED) is 0.880. The zero-order valence-electron chi connectivity index (χ0n) is 10.6. The Bertz CT molecular complexity index is 385. The van der Waals surface area contributed by atoms with E-state index in [1.54, 1.807) is 0 Å². The van der Waals surface area contributed by atoms with E-state index in [9.17, 15) is 5.11 Å². The van der Waals surface area contributed by atoms with Gasteiger partial charge in [0.25, 0.3) is 0 Å². The molecule has 0 amide bonds. The summed E-state index contributed by atoms with van der Waals surface area (Å²) in [7, 11) is 0. The van der Waals surface area contributed by atoms with Gasteiger partial charge in [-0.3, -0.25) is 4.68 Å². The van der Waals surface area contributed by atoms with E-state index in [1.807, 2.05) is 18.5 Å². The maximum absolute atomic E-state index is 10.1. The van der Waals surface area contributed by atoms with E-state index in [-0.39, 0.29) is 6.10 Å². The summed E-state index contributed by atoms with van der Waals surface area (Å²) in [5.74, 6) is 0.725. The molecule has 1 aliphatic carbocycles. The number of rotatable bonds is 5. The Morgan fingerprint density at radius 3 is 2.76 bits per heavy atom. The second-order valence-electron chi connectivity index (χ2n) is 5.05. The fourth-order valence-corrected chi connectivity index (χ4v) is 2.70. The van der Waals surface area contributed by atoms with Crippen molar-refractivity contribution in [3.63, 3.8) is 0 Å². The predicted molar refractivity (Wildman–Crippen MR) is 69.3 cm³/mol. The van der Waals surface area contributed by atoms with Crippen molar-refractivity contribution in [2.24, 2.45) is 5.92 Å². The highest BCUT2D eigenvalue weighted by molar-refractivity contribution is 6.31. The second kappa shape index (κ2) is 5.40. The predicted octanol–water partition coefficient (Wildman–Crippen LogP) is 2.96. The highest BCUT2D eigenvalue weighted by Crippen LogP contribution is 2.31. The number of hydrogen-bond donors (Lipinski definition) is 1. The zero-order valence-corrected chi connectivity index (χ0v) is 11.4. The van der Waals surface area contributed by atoms with Crippen LogP contribution in [0.1, 0.15) is 44.0 Å². The molecule has 1 aliphatic rings. The number of aromatic nitrogens is 2. The minimum Gasteiger partial charge on any atom is -0.393 e. The molecule has 0 spiro atoms. The molecule has 1 N–H and O–H groups in total. The number of hydrogen-bond acceptors (Lipinski definition) is 2. The zero-order chi connectivity index (χ0) is 12.4. The summed E-state index contributed by atoms with van der Waals surface area (Å²) in [6.07, 6.45) is 5.13. The van der Waals surface area contributed by atoms with Gasteiger partial charge in [-0.15, -0.1) is 0 Å². The average Bonchev–Trinajstić information content (AvgIpc) is 2.51. The molecule has 1 atom stereocenters. The van der Waals surface area contributed by atoms with Crippen molar-refractivity contribution in [1.82, 2.24) is 9.78 Å². The van der Waals surface area contributed by atoms with Gasteiger partial charge in [0.05, 0.1) is 22.5 Å². The van der Waals surface area contributed by atoms with E-state index in [1.165, 1.54) is 19.3 Å². The molecule has 1 aromatic heterocycles. The molecule has 17 heavy (non-hydrogen) atoms. The lowest BCUT2D eigenvalue weighted by Crippen LogP contribution is -2.22. The van der Waals surface area contributed by atoms with Gasteiger partial charge < -0.3 is 5.11 Å². The SMILES string of the molecule is CCn1nc(C)c(Cl)c1CC(O)CC1CCC1. The van der Waals surface area contributed by atoms with Crippen molar-refractivity contribution >= 4 is 11.6 Å². The number of nitrogens with zero attached hydrogens (tertiary/aromatic N) is 2. The average molecular weight is 257 g/mol. The van der Waals surface area contributed by atoms with Gasteiger partial charge in [-0.05, 0) is 26.2 Å². The van der Waals surface area contributed by atoms with Gasteiger partial charge in [-0.2, -0.15) is 5.10 Å². The monoisotopic (exact) mass is 256 g/mol. The van der Waals surface area contributed by atoms with Crippen molar-refractivity contribution in [2.75, 3.05) is 0 Å². The molecule has 96 valence electrons. The number of aliphatic hydroxyl groups is 1. The maximum atomic E-state index is 10.1. The molecule has 0 bridgehead atoms. The van der Waals surface area contributed by atoms with Gasteiger partial charge >= 0.3 is 0 Å². The standard InChI is InChI=1S/C13H21ClN2O/c1-3-16-12(13(14)9(2)15-16)8-11(17)7-10-5-4-6-10/h10-11,17H,3-8H2,1-2H3. The first-order valence-electron chi connectivity index (χ1n) is 6.51.